The maximum atomic E-state index is 10.2. The van der Waals surface area contributed by atoms with E-state index in [0.29, 0.717) is 19.6 Å². The summed E-state index contributed by atoms with van der Waals surface area (Å²) in [5.74, 6) is -2.79. The third-order valence-corrected chi connectivity index (χ3v) is 1.50. The van der Waals surface area contributed by atoms with Crippen LogP contribution in [-0.4, -0.2) is 79.9 Å². The quantitative estimate of drug-likeness (QED) is 0.177. The van der Waals surface area contributed by atoms with Crippen LogP contribution in [0.15, 0.2) is 0 Å². The zero-order chi connectivity index (χ0) is 22.1. The van der Waals surface area contributed by atoms with Crippen LogP contribution in [0.25, 0.3) is 4.85 Å². The molecular formula is C15H35ClN4O9. The zero-order valence-electron chi connectivity index (χ0n) is 15.6. The SMILES string of the molecule is C.CCOC(=O)CN.Cl.NCC(=O)O.O=CNCC(=O)O.[2HH].[2HH].[C-]#[N+]CC(=O)OCC. The number of hydrogen-bond donors (Lipinski definition) is 5. The van der Waals surface area contributed by atoms with E-state index >= 15 is 0 Å². The van der Waals surface area contributed by atoms with Gasteiger partial charge in [0.2, 0.25) is 6.41 Å². The van der Waals surface area contributed by atoms with Gasteiger partial charge in [0, 0.05) is 2.85 Å². The predicted molar refractivity (Wildman–Crippen MR) is 110 cm³/mol. The van der Waals surface area contributed by atoms with E-state index in [1.54, 1.807) is 13.8 Å². The molecule has 0 aromatic carbocycles. The van der Waals surface area contributed by atoms with E-state index in [4.69, 9.17) is 22.5 Å². The van der Waals surface area contributed by atoms with Crippen LogP contribution in [0.4, 0.5) is 0 Å². The van der Waals surface area contributed by atoms with Crippen molar-refractivity contribution in [1.29, 1.82) is 0 Å². The molecule has 0 fully saturated rings. The lowest BCUT2D eigenvalue weighted by atomic mass is 10.7. The van der Waals surface area contributed by atoms with Crippen molar-refractivity contribution >= 4 is 42.7 Å². The maximum absolute atomic E-state index is 10.2. The number of nitrogens with two attached hydrogens (primary N) is 2. The molecule has 14 heteroatoms. The van der Waals surface area contributed by atoms with Crippen molar-refractivity contribution in [1.82, 2.24) is 5.32 Å². The second-order valence-electron chi connectivity index (χ2n) is 3.62. The number of carbonyl (C=O) groups excluding carboxylic acids is 3. The molecule has 1 amide bonds. The monoisotopic (exact) mass is 452 g/mol. The normalized spacial score (nSPS) is 7.14. The molecule has 0 aromatic heterocycles. The van der Waals surface area contributed by atoms with E-state index in [-0.39, 0.29) is 54.8 Å². The third-order valence-electron chi connectivity index (χ3n) is 1.50. The second-order valence-corrected chi connectivity index (χ2v) is 3.62. The highest BCUT2D eigenvalue weighted by Crippen LogP contribution is 1.76. The number of halogens is 1. The van der Waals surface area contributed by atoms with E-state index in [1.165, 1.54) is 0 Å². The summed E-state index contributed by atoms with van der Waals surface area (Å²) in [4.78, 5) is 51.2. The van der Waals surface area contributed by atoms with Crippen LogP contribution < -0.4 is 16.8 Å². The number of hydrogen-bond acceptors (Lipinski definition) is 9. The number of esters is 2. The van der Waals surface area contributed by atoms with Gasteiger partial charge in [0.15, 0.2) is 0 Å². The molecule has 0 heterocycles. The van der Waals surface area contributed by atoms with Gasteiger partial charge in [-0.1, -0.05) is 7.43 Å². The van der Waals surface area contributed by atoms with Crippen molar-refractivity contribution in [2.75, 3.05) is 39.4 Å². The van der Waals surface area contributed by atoms with Gasteiger partial charge in [-0.15, -0.1) is 12.4 Å². The lowest BCUT2D eigenvalue weighted by Gasteiger charge is -1.93. The molecule has 0 spiro atoms. The number of nitrogens with zero attached hydrogens (tertiary/aromatic N) is 1. The van der Waals surface area contributed by atoms with Gasteiger partial charge in [-0.05, 0) is 13.8 Å². The fourth-order valence-corrected chi connectivity index (χ4v) is 0.620. The Labute approximate surface area is 178 Å². The molecule has 0 saturated carbocycles. The number of rotatable bonds is 8. The molecule has 0 atom stereocenters. The third kappa shape index (κ3) is 67.4. The van der Waals surface area contributed by atoms with Gasteiger partial charge in [0.25, 0.3) is 0 Å². The minimum Gasteiger partial charge on any atom is -0.480 e. The van der Waals surface area contributed by atoms with Crippen molar-refractivity contribution < 1.29 is 46.5 Å². The lowest BCUT2D eigenvalue weighted by Crippen LogP contribution is -2.20. The molecule has 0 aliphatic rings. The summed E-state index contributed by atoms with van der Waals surface area (Å²) in [6.45, 7) is 9.70. The number of amides is 1. The van der Waals surface area contributed by atoms with Crippen molar-refractivity contribution in [3.05, 3.63) is 11.4 Å². The zero-order valence-corrected chi connectivity index (χ0v) is 16.4. The van der Waals surface area contributed by atoms with Crippen molar-refractivity contribution in [3.63, 3.8) is 0 Å². The van der Waals surface area contributed by atoms with Gasteiger partial charge in [0.05, 0.1) is 26.3 Å². The fourth-order valence-electron chi connectivity index (χ4n) is 0.620. The summed E-state index contributed by atoms with van der Waals surface area (Å²) in [7, 11) is 0. The largest absolute Gasteiger partial charge is 0.480 e. The van der Waals surface area contributed by atoms with Gasteiger partial charge in [-0.2, -0.15) is 0 Å². The topological polar surface area (TPSA) is 213 Å². The Morgan fingerprint density at radius 1 is 1.03 bits per heavy atom. The average molecular weight is 453 g/mol. The number of carboxylic acid groups (broad SMARTS) is 2. The summed E-state index contributed by atoms with van der Waals surface area (Å²) in [6.07, 6.45) is 0.341. The van der Waals surface area contributed by atoms with Gasteiger partial charge in [0.1, 0.15) is 6.54 Å². The van der Waals surface area contributed by atoms with Crippen LogP contribution in [0, 0.1) is 6.57 Å². The van der Waals surface area contributed by atoms with Crippen LogP contribution >= 0.6 is 12.4 Å². The molecule has 0 aromatic rings. The standard InChI is InChI=1S/C5H7NO2.C4H9NO2.C3H5NO3.C2H5NO2.CH4.ClH.2H2/c1-3-8-5(7)4-6-2;1-2-7-4(6)3-5;5-2-4-1-3(6)7;3-1-2(4)5;;;;/h3-4H2,1H3;2-3,5H2,1H3;2H,1H2,(H,4,5)(H,6,7);1,3H2,(H,4,5);1H4;3*1H/i;;;;;;2*1+1. The first-order chi connectivity index (χ1) is 12.7. The minimum atomic E-state index is -1.04. The van der Waals surface area contributed by atoms with Crippen LogP contribution in [0.2, 0.25) is 0 Å². The first kappa shape index (κ1) is 40.7. The number of aliphatic carboxylic acids is 2. The molecule has 13 nitrogen and oxygen atoms in total. The van der Waals surface area contributed by atoms with Crippen LogP contribution in [0.5, 0.6) is 0 Å². The Balaban J connectivity index is -0.0000000367. The first-order valence-corrected chi connectivity index (χ1v) is 7.31. The number of carboxylic acids is 2. The summed E-state index contributed by atoms with van der Waals surface area (Å²) < 4.78 is 8.86. The van der Waals surface area contributed by atoms with E-state index in [2.05, 4.69) is 20.1 Å². The van der Waals surface area contributed by atoms with Crippen molar-refractivity contribution in [3.8, 4) is 0 Å². The highest BCUT2D eigenvalue weighted by Gasteiger charge is 2.00. The number of ether oxygens (including phenoxy) is 2. The molecule has 29 heavy (non-hydrogen) atoms. The first-order valence-electron chi connectivity index (χ1n) is 7.31. The maximum Gasteiger partial charge on any atom is 0.387 e. The van der Waals surface area contributed by atoms with Crippen molar-refractivity contribution in [2.24, 2.45) is 11.5 Å². The Kier molecular flexibility index (Phi) is 50.5. The Hall–Kier alpha value is -2.95. The molecular weight excluding hydrogens is 416 g/mol. The van der Waals surface area contributed by atoms with Gasteiger partial charge in [-0.3, -0.25) is 19.2 Å². The lowest BCUT2D eigenvalue weighted by molar-refractivity contribution is -0.142. The van der Waals surface area contributed by atoms with Crippen LogP contribution in [0.1, 0.15) is 24.1 Å². The highest BCUT2D eigenvalue weighted by molar-refractivity contribution is 5.85. The Morgan fingerprint density at radius 3 is 1.62 bits per heavy atom. The van der Waals surface area contributed by atoms with E-state index in [0.717, 1.165) is 0 Å². The molecule has 0 rings (SSSR count). The van der Waals surface area contributed by atoms with E-state index in [9.17, 15) is 24.0 Å². The molecule has 0 bridgehead atoms. The van der Waals surface area contributed by atoms with Crippen molar-refractivity contribution in [2.45, 2.75) is 21.3 Å². The molecule has 176 valence electrons. The second kappa shape index (κ2) is 36.0. The molecule has 0 saturated heterocycles. The molecule has 0 aliphatic heterocycles. The summed E-state index contributed by atoms with van der Waals surface area (Å²) in [5.41, 5.74) is 9.46. The smallest absolute Gasteiger partial charge is 0.387 e. The average Bonchev–Trinajstić information content (AvgIpc) is 2.62. The van der Waals surface area contributed by atoms with Crippen LogP contribution in [-0.2, 0) is 33.4 Å². The minimum absolute atomic E-state index is 0. The fraction of sp³-hybridized carbons (Fsp3) is 0.600. The molecule has 7 N–H and O–H groups in total. The summed E-state index contributed by atoms with van der Waals surface area (Å²) in [5, 5.41) is 17.4. The number of carbonyl (C=O) groups is 5. The molecule has 0 unspecified atom stereocenters. The summed E-state index contributed by atoms with van der Waals surface area (Å²) >= 11 is 0. The Bertz CT molecular complexity index is 482. The summed E-state index contributed by atoms with van der Waals surface area (Å²) in [6, 6.07) is 0. The number of nitrogens with one attached hydrogen (secondary N) is 1. The molecule has 0 radical (unpaired) electrons. The highest BCUT2D eigenvalue weighted by atomic mass is 35.5. The predicted octanol–water partition coefficient (Wildman–Crippen LogP) is -0.626. The van der Waals surface area contributed by atoms with Crippen LogP contribution in [0.3, 0.4) is 0 Å². The van der Waals surface area contributed by atoms with E-state index in [1.807, 2.05) is 5.32 Å². The van der Waals surface area contributed by atoms with Gasteiger partial charge < -0.3 is 41.3 Å². The Morgan fingerprint density at radius 2 is 1.45 bits per heavy atom. The van der Waals surface area contributed by atoms with Gasteiger partial charge >= 0.3 is 30.4 Å². The molecule has 0 aliphatic carbocycles. The van der Waals surface area contributed by atoms with Gasteiger partial charge in [-0.25, -0.2) is 11.4 Å². The van der Waals surface area contributed by atoms with E-state index < -0.39 is 17.9 Å².